The Kier molecular flexibility index (Phi) is 4.43. The van der Waals surface area contributed by atoms with Crippen LogP contribution >= 0.6 is 0 Å². The maximum Gasteiger partial charge on any atom is 0.0602 e. The van der Waals surface area contributed by atoms with Crippen molar-refractivity contribution in [2.45, 2.75) is 26.3 Å². The minimum Gasteiger partial charge on any atom is -0.397 e. The fraction of sp³-hybridized carbons (Fsp3) is 0.500. The lowest BCUT2D eigenvalue weighted by Crippen LogP contribution is -2.32. The molecular formula is C12H20N2O. The number of hydrogen-bond acceptors (Lipinski definition) is 3. The SMILES string of the molecule is CC(C)N(CCCO)c1ccccc1N. The molecule has 3 heteroatoms. The third kappa shape index (κ3) is 3.13. The van der Waals surface area contributed by atoms with Crippen molar-refractivity contribution < 1.29 is 5.11 Å². The topological polar surface area (TPSA) is 49.5 Å². The molecule has 0 aliphatic heterocycles. The van der Waals surface area contributed by atoms with Crippen LogP contribution in [0.2, 0.25) is 0 Å². The van der Waals surface area contributed by atoms with Crippen LogP contribution in [0, 0.1) is 0 Å². The summed E-state index contributed by atoms with van der Waals surface area (Å²) >= 11 is 0. The van der Waals surface area contributed by atoms with Crippen molar-refractivity contribution in [1.29, 1.82) is 0 Å². The number of nitrogen functional groups attached to an aromatic ring is 1. The minimum atomic E-state index is 0.218. The lowest BCUT2D eigenvalue weighted by atomic mass is 10.2. The second kappa shape index (κ2) is 5.61. The number of nitrogens with zero attached hydrogens (tertiary/aromatic N) is 1. The number of para-hydroxylation sites is 2. The Morgan fingerprint density at radius 3 is 2.53 bits per heavy atom. The highest BCUT2D eigenvalue weighted by Gasteiger charge is 2.11. The zero-order chi connectivity index (χ0) is 11.3. The molecule has 0 heterocycles. The molecule has 3 N–H and O–H groups in total. The van der Waals surface area contributed by atoms with Crippen molar-refractivity contribution in [2.75, 3.05) is 23.8 Å². The Morgan fingerprint density at radius 2 is 2.00 bits per heavy atom. The molecule has 0 saturated heterocycles. The van der Waals surface area contributed by atoms with Crippen LogP contribution in [0.3, 0.4) is 0 Å². The molecule has 1 aromatic carbocycles. The van der Waals surface area contributed by atoms with Gasteiger partial charge >= 0.3 is 0 Å². The third-order valence-corrected chi connectivity index (χ3v) is 2.43. The van der Waals surface area contributed by atoms with E-state index in [1.807, 2.05) is 24.3 Å². The van der Waals surface area contributed by atoms with Crippen molar-refractivity contribution in [3.8, 4) is 0 Å². The molecule has 0 fully saturated rings. The molecule has 0 aromatic heterocycles. The molecule has 0 unspecified atom stereocenters. The van der Waals surface area contributed by atoms with Crippen molar-refractivity contribution in [2.24, 2.45) is 0 Å². The number of aliphatic hydroxyl groups is 1. The van der Waals surface area contributed by atoms with E-state index < -0.39 is 0 Å². The van der Waals surface area contributed by atoms with Gasteiger partial charge in [-0.15, -0.1) is 0 Å². The fourth-order valence-corrected chi connectivity index (χ4v) is 1.65. The van der Waals surface area contributed by atoms with Crippen molar-refractivity contribution in [3.63, 3.8) is 0 Å². The zero-order valence-corrected chi connectivity index (χ0v) is 9.48. The molecule has 0 aliphatic rings. The standard InChI is InChI=1S/C12H20N2O/c1-10(2)14(8-5-9-15)12-7-4-3-6-11(12)13/h3-4,6-7,10,15H,5,8-9,13H2,1-2H3. The van der Waals surface area contributed by atoms with Gasteiger partial charge in [0.15, 0.2) is 0 Å². The fourth-order valence-electron chi connectivity index (χ4n) is 1.65. The van der Waals surface area contributed by atoms with Crippen molar-refractivity contribution in [3.05, 3.63) is 24.3 Å². The quantitative estimate of drug-likeness (QED) is 0.726. The summed E-state index contributed by atoms with van der Waals surface area (Å²) in [5.41, 5.74) is 7.78. The number of benzene rings is 1. The van der Waals surface area contributed by atoms with Gasteiger partial charge in [-0.25, -0.2) is 0 Å². The highest BCUT2D eigenvalue weighted by atomic mass is 16.3. The van der Waals surface area contributed by atoms with E-state index >= 15 is 0 Å². The molecule has 0 atom stereocenters. The largest absolute Gasteiger partial charge is 0.397 e. The molecule has 0 amide bonds. The molecule has 1 aromatic rings. The maximum absolute atomic E-state index is 8.86. The molecule has 3 nitrogen and oxygen atoms in total. The Labute approximate surface area is 91.5 Å². The summed E-state index contributed by atoms with van der Waals surface area (Å²) in [5, 5.41) is 8.86. The summed E-state index contributed by atoms with van der Waals surface area (Å²) < 4.78 is 0. The number of aliphatic hydroxyl groups excluding tert-OH is 1. The number of nitrogens with two attached hydrogens (primary N) is 1. The van der Waals surface area contributed by atoms with Gasteiger partial charge in [-0.1, -0.05) is 12.1 Å². The first-order valence-corrected chi connectivity index (χ1v) is 5.38. The van der Waals surface area contributed by atoms with E-state index in [4.69, 9.17) is 10.8 Å². The predicted octanol–water partition coefficient (Wildman–Crippen LogP) is 1.87. The predicted molar refractivity (Wildman–Crippen MR) is 65.0 cm³/mol. The van der Waals surface area contributed by atoms with E-state index in [9.17, 15) is 0 Å². The molecule has 0 bridgehead atoms. The number of hydrogen-bond donors (Lipinski definition) is 2. The van der Waals surface area contributed by atoms with Gasteiger partial charge in [-0.3, -0.25) is 0 Å². The van der Waals surface area contributed by atoms with Crippen molar-refractivity contribution in [1.82, 2.24) is 0 Å². The van der Waals surface area contributed by atoms with Crippen LogP contribution in [0.4, 0.5) is 11.4 Å². The van der Waals surface area contributed by atoms with Gasteiger partial charge in [0.2, 0.25) is 0 Å². The normalized spacial score (nSPS) is 10.7. The van der Waals surface area contributed by atoms with Gasteiger partial charge in [0.25, 0.3) is 0 Å². The highest BCUT2D eigenvalue weighted by Crippen LogP contribution is 2.24. The van der Waals surface area contributed by atoms with Crippen LogP contribution in [0.25, 0.3) is 0 Å². The Bertz CT molecular complexity index is 299. The molecular weight excluding hydrogens is 188 g/mol. The first kappa shape index (κ1) is 11.9. The highest BCUT2D eigenvalue weighted by molar-refractivity contribution is 5.67. The monoisotopic (exact) mass is 208 g/mol. The van der Waals surface area contributed by atoms with E-state index in [1.165, 1.54) is 0 Å². The smallest absolute Gasteiger partial charge is 0.0602 e. The lowest BCUT2D eigenvalue weighted by molar-refractivity contribution is 0.288. The van der Waals surface area contributed by atoms with Crippen LogP contribution in [-0.2, 0) is 0 Å². The van der Waals surface area contributed by atoms with Gasteiger partial charge in [0.05, 0.1) is 11.4 Å². The van der Waals surface area contributed by atoms with Gasteiger partial charge < -0.3 is 15.7 Å². The summed E-state index contributed by atoms with van der Waals surface area (Å²) in [6.45, 7) is 5.31. The molecule has 0 spiro atoms. The Hall–Kier alpha value is -1.22. The number of anilines is 2. The van der Waals surface area contributed by atoms with E-state index in [-0.39, 0.29) is 6.61 Å². The van der Waals surface area contributed by atoms with Crippen LogP contribution in [0.1, 0.15) is 20.3 Å². The first-order chi connectivity index (χ1) is 7.16. The minimum absolute atomic E-state index is 0.218. The Balaban J connectivity index is 2.84. The molecule has 0 saturated carbocycles. The second-order valence-electron chi connectivity index (χ2n) is 3.92. The van der Waals surface area contributed by atoms with E-state index in [0.717, 1.165) is 24.3 Å². The third-order valence-electron chi connectivity index (χ3n) is 2.43. The molecule has 84 valence electrons. The summed E-state index contributed by atoms with van der Waals surface area (Å²) in [5.74, 6) is 0. The van der Waals surface area contributed by atoms with E-state index in [2.05, 4.69) is 18.7 Å². The van der Waals surface area contributed by atoms with Crippen LogP contribution in [0.15, 0.2) is 24.3 Å². The average Bonchev–Trinajstić information content (AvgIpc) is 2.20. The number of rotatable bonds is 5. The van der Waals surface area contributed by atoms with E-state index in [1.54, 1.807) is 0 Å². The van der Waals surface area contributed by atoms with E-state index in [0.29, 0.717) is 6.04 Å². The summed E-state index contributed by atoms with van der Waals surface area (Å²) in [7, 11) is 0. The molecule has 15 heavy (non-hydrogen) atoms. The maximum atomic E-state index is 8.86. The van der Waals surface area contributed by atoms with Crippen LogP contribution < -0.4 is 10.6 Å². The van der Waals surface area contributed by atoms with Gasteiger partial charge in [-0.2, -0.15) is 0 Å². The van der Waals surface area contributed by atoms with Gasteiger partial charge in [-0.05, 0) is 32.4 Å². The van der Waals surface area contributed by atoms with Gasteiger partial charge in [0.1, 0.15) is 0 Å². The van der Waals surface area contributed by atoms with Crippen LogP contribution in [-0.4, -0.2) is 24.3 Å². The Morgan fingerprint density at radius 1 is 1.33 bits per heavy atom. The van der Waals surface area contributed by atoms with Gasteiger partial charge in [0, 0.05) is 19.2 Å². The molecule has 1 rings (SSSR count). The first-order valence-electron chi connectivity index (χ1n) is 5.38. The molecule has 0 aliphatic carbocycles. The summed E-state index contributed by atoms with van der Waals surface area (Å²) in [6, 6.07) is 8.24. The zero-order valence-electron chi connectivity index (χ0n) is 9.48. The second-order valence-corrected chi connectivity index (χ2v) is 3.92. The lowest BCUT2D eigenvalue weighted by Gasteiger charge is -2.29. The molecule has 0 radical (unpaired) electrons. The summed E-state index contributed by atoms with van der Waals surface area (Å²) in [6.07, 6.45) is 0.770. The average molecular weight is 208 g/mol. The van der Waals surface area contributed by atoms with Crippen LogP contribution in [0.5, 0.6) is 0 Å². The van der Waals surface area contributed by atoms with Crippen molar-refractivity contribution >= 4 is 11.4 Å². The summed E-state index contributed by atoms with van der Waals surface area (Å²) in [4.78, 5) is 2.21.